The van der Waals surface area contributed by atoms with Crippen molar-refractivity contribution >= 4 is 58.9 Å². The molecule has 1 unspecified atom stereocenters. The molecule has 0 spiro atoms. The van der Waals surface area contributed by atoms with Crippen LogP contribution >= 0.6 is 47.8 Å². The molecule has 2 nitrogen and oxygen atoms in total. The van der Waals surface area contributed by atoms with E-state index in [0.29, 0.717) is 4.90 Å². The molecule has 0 fully saturated rings. The molecular formula is C6H3Br3O2S. The van der Waals surface area contributed by atoms with Crippen LogP contribution in [0.1, 0.15) is 0 Å². The quantitative estimate of drug-likeness (QED) is 0.599. The van der Waals surface area contributed by atoms with Crippen molar-refractivity contribution in [2.45, 2.75) is 4.90 Å². The van der Waals surface area contributed by atoms with E-state index in [1.165, 1.54) is 0 Å². The van der Waals surface area contributed by atoms with E-state index in [9.17, 15) is 4.21 Å². The molecule has 0 bridgehead atoms. The second-order valence-corrected chi connectivity index (χ2v) is 5.42. The molecular weight excluding hydrogens is 376 g/mol. The summed E-state index contributed by atoms with van der Waals surface area (Å²) in [5.41, 5.74) is 0. The molecule has 1 aromatic rings. The van der Waals surface area contributed by atoms with Gasteiger partial charge in [0.15, 0.2) is 11.1 Å². The molecule has 0 radical (unpaired) electrons. The SMILES string of the molecule is O=S(O)c1cc(Br)c(Br)c(Br)c1. The van der Waals surface area contributed by atoms with Crippen LogP contribution in [-0.4, -0.2) is 8.76 Å². The Bertz CT molecular complexity index is 317. The number of benzene rings is 1. The zero-order valence-electron chi connectivity index (χ0n) is 5.55. The molecule has 0 heterocycles. The summed E-state index contributed by atoms with van der Waals surface area (Å²) in [5, 5.41) is 0. The average Bonchev–Trinajstić information content (AvgIpc) is 1.99. The Balaban J connectivity index is 3.31. The predicted octanol–water partition coefficient (Wildman–Crippen LogP) is 3.55. The third kappa shape index (κ3) is 2.38. The minimum atomic E-state index is -1.94. The maximum atomic E-state index is 10.7. The first-order valence-electron chi connectivity index (χ1n) is 2.78. The van der Waals surface area contributed by atoms with Gasteiger partial charge in [0.25, 0.3) is 0 Å². The average molecular weight is 379 g/mol. The van der Waals surface area contributed by atoms with Crippen molar-refractivity contribution < 1.29 is 8.76 Å². The van der Waals surface area contributed by atoms with Crippen molar-refractivity contribution in [2.24, 2.45) is 0 Å². The summed E-state index contributed by atoms with van der Waals surface area (Å²) in [7, 11) is 0. The fourth-order valence-electron chi connectivity index (χ4n) is 0.633. The fraction of sp³-hybridized carbons (Fsp3) is 0. The van der Waals surface area contributed by atoms with Crippen molar-refractivity contribution in [2.75, 3.05) is 0 Å². The van der Waals surface area contributed by atoms with Gasteiger partial charge in [0.05, 0.1) is 4.90 Å². The molecule has 1 N–H and O–H groups in total. The van der Waals surface area contributed by atoms with Gasteiger partial charge in [-0.25, -0.2) is 4.21 Å². The minimum Gasteiger partial charge on any atom is -0.302 e. The van der Waals surface area contributed by atoms with Gasteiger partial charge in [-0.05, 0) is 59.9 Å². The van der Waals surface area contributed by atoms with Gasteiger partial charge in [-0.1, -0.05) is 0 Å². The van der Waals surface area contributed by atoms with E-state index in [4.69, 9.17) is 4.55 Å². The van der Waals surface area contributed by atoms with Gasteiger partial charge in [-0.3, -0.25) is 0 Å². The molecule has 12 heavy (non-hydrogen) atoms. The first-order valence-corrected chi connectivity index (χ1v) is 6.26. The van der Waals surface area contributed by atoms with E-state index in [-0.39, 0.29) is 0 Å². The summed E-state index contributed by atoms with van der Waals surface area (Å²) in [5.74, 6) is 0. The van der Waals surface area contributed by atoms with E-state index < -0.39 is 11.1 Å². The van der Waals surface area contributed by atoms with E-state index in [0.717, 1.165) is 13.4 Å². The molecule has 0 aliphatic carbocycles. The number of halogens is 3. The van der Waals surface area contributed by atoms with Crippen molar-refractivity contribution in [3.8, 4) is 0 Å². The molecule has 0 saturated carbocycles. The predicted molar refractivity (Wildman–Crippen MR) is 58.6 cm³/mol. The van der Waals surface area contributed by atoms with Crippen LogP contribution in [0.4, 0.5) is 0 Å². The summed E-state index contributed by atoms with van der Waals surface area (Å²) < 4.78 is 21.8. The zero-order valence-corrected chi connectivity index (χ0v) is 11.1. The van der Waals surface area contributed by atoms with Crippen LogP contribution in [0.2, 0.25) is 0 Å². The topological polar surface area (TPSA) is 37.3 Å². The standard InChI is InChI=1S/C6H3Br3O2S/c7-4-1-3(12(10)11)2-5(8)6(4)9/h1-2H,(H,10,11). The highest BCUT2D eigenvalue weighted by molar-refractivity contribution is 9.14. The molecule has 0 amide bonds. The fourth-order valence-corrected chi connectivity index (χ4v) is 2.79. The van der Waals surface area contributed by atoms with Crippen molar-refractivity contribution in [3.63, 3.8) is 0 Å². The van der Waals surface area contributed by atoms with Crippen LogP contribution in [0.3, 0.4) is 0 Å². The molecule has 0 aliphatic rings. The van der Waals surface area contributed by atoms with Gasteiger partial charge in [0, 0.05) is 13.4 Å². The molecule has 0 aliphatic heterocycles. The Morgan fingerprint density at radius 1 is 1.17 bits per heavy atom. The molecule has 6 heteroatoms. The Hall–Kier alpha value is 0.770. The first kappa shape index (κ1) is 10.8. The Labute approximate surface area is 97.4 Å². The van der Waals surface area contributed by atoms with Crippen molar-refractivity contribution in [3.05, 3.63) is 25.6 Å². The molecule has 0 saturated heterocycles. The van der Waals surface area contributed by atoms with Crippen LogP contribution in [0.25, 0.3) is 0 Å². The zero-order chi connectivity index (χ0) is 9.30. The summed E-state index contributed by atoms with van der Waals surface area (Å²) >= 11 is 7.83. The lowest BCUT2D eigenvalue weighted by atomic mass is 10.4. The van der Waals surface area contributed by atoms with Crippen molar-refractivity contribution in [1.82, 2.24) is 0 Å². The summed E-state index contributed by atoms with van der Waals surface area (Å²) in [4.78, 5) is 0.358. The Kier molecular flexibility index (Phi) is 3.91. The highest BCUT2D eigenvalue weighted by atomic mass is 79.9. The van der Waals surface area contributed by atoms with E-state index in [1.54, 1.807) is 12.1 Å². The molecule has 66 valence electrons. The summed E-state index contributed by atoms with van der Waals surface area (Å²) in [6.45, 7) is 0. The maximum Gasteiger partial charge on any atom is 0.186 e. The van der Waals surface area contributed by atoms with Crippen LogP contribution in [0.5, 0.6) is 0 Å². The Morgan fingerprint density at radius 2 is 1.58 bits per heavy atom. The Morgan fingerprint density at radius 3 is 1.92 bits per heavy atom. The maximum absolute atomic E-state index is 10.7. The molecule has 1 aromatic carbocycles. The number of rotatable bonds is 1. The number of hydrogen-bond donors (Lipinski definition) is 1. The van der Waals surface area contributed by atoms with E-state index >= 15 is 0 Å². The summed E-state index contributed by atoms with van der Waals surface area (Å²) in [6, 6.07) is 3.18. The largest absolute Gasteiger partial charge is 0.302 e. The lowest BCUT2D eigenvalue weighted by molar-refractivity contribution is 0.564. The van der Waals surface area contributed by atoms with Gasteiger partial charge in [0.2, 0.25) is 0 Å². The third-order valence-corrected chi connectivity index (χ3v) is 4.97. The second-order valence-electron chi connectivity index (χ2n) is 1.95. The van der Waals surface area contributed by atoms with Crippen LogP contribution < -0.4 is 0 Å². The third-order valence-electron chi connectivity index (χ3n) is 1.16. The first-order chi connectivity index (χ1) is 5.52. The minimum absolute atomic E-state index is 0.358. The van der Waals surface area contributed by atoms with Crippen LogP contribution in [0, 0.1) is 0 Å². The monoisotopic (exact) mass is 376 g/mol. The smallest absolute Gasteiger partial charge is 0.186 e. The molecule has 0 aromatic heterocycles. The van der Waals surface area contributed by atoms with E-state index in [2.05, 4.69) is 47.8 Å². The van der Waals surface area contributed by atoms with Gasteiger partial charge in [-0.15, -0.1) is 0 Å². The molecule has 1 rings (SSSR count). The highest BCUT2D eigenvalue weighted by Crippen LogP contribution is 2.32. The van der Waals surface area contributed by atoms with Gasteiger partial charge in [-0.2, -0.15) is 0 Å². The second kappa shape index (κ2) is 4.32. The van der Waals surface area contributed by atoms with Crippen LogP contribution in [0.15, 0.2) is 30.4 Å². The molecule has 1 atom stereocenters. The normalized spacial score (nSPS) is 13.0. The lowest BCUT2D eigenvalue weighted by Crippen LogP contribution is -1.88. The van der Waals surface area contributed by atoms with E-state index in [1.807, 2.05) is 0 Å². The van der Waals surface area contributed by atoms with Gasteiger partial charge >= 0.3 is 0 Å². The van der Waals surface area contributed by atoms with Gasteiger partial charge < -0.3 is 4.55 Å². The lowest BCUT2D eigenvalue weighted by Gasteiger charge is -2.01. The van der Waals surface area contributed by atoms with Gasteiger partial charge in [0.1, 0.15) is 0 Å². The van der Waals surface area contributed by atoms with Crippen molar-refractivity contribution in [1.29, 1.82) is 0 Å². The summed E-state index contributed by atoms with van der Waals surface area (Å²) in [6.07, 6.45) is 0. The van der Waals surface area contributed by atoms with Crippen LogP contribution in [-0.2, 0) is 11.1 Å². The highest BCUT2D eigenvalue weighted by Gasteiger charge is 2.07. The number of hydrogen-bond acceptors (Lipinski definition) is 1.